The van der Waals surface area contributed by atoms with Crippen molar-refractivity contribution in [3.05, 3.63) is 36.4 Å². The SMILES string of the molecule is CC(=O)Oc1cccc(N2C(=O)[C@@H]3[C@H](C2=O)[C@@]2(C)C=C[C@]3(C)O2)c1. The predicted octanol–water partition coefficient (Wildman–Crippen LogP) is 1.83. The number of amides is 2. The lowest BCUT2D eigenvalue weighted by Crippen LogP contribution is -2.39. The van der Waals surface area contributed by atoms with E-state index in [1.807, 2.05) is 26.0 Å². The molecule has 124 valence electrons. The Balaban J connectivity index is 1.73. The first-order valence-corrected chi connectivity index (χ1v) is 7.82. The van der Waals surface area contributed by atoms with Crippen LogP contribution in [0.3, 0.4) is 0 Å². The summed E-state index contributed by atoms with van der Waals surface area (Å²) in [5.41, 5.74) is -1.10. The van der Waals surface area contributed by atoms with Crippen LogP contribution in [0.5, 0.6) is 5.75 Å². The van der Waals surface area contributed by atoms with Crippen molar-refractivity contribution in [2.75, 3.05) is 4.90 Å². The maximum Gasteiger partial charge on any atom is 0.308 e. The molecular formula is C18H17NO5. The summed E-state index contributed by atoms with van der Waals surface area (Å²) in [7, 11) is 0. The van der Waals surface area contributed by atoms with Gasteiger partial charge in [0.15, 0.2) is 0 Å². The third-order valence-electron chi connectivity index (χ3n) is 5.06. The zero-order valence-electron chi connectivity index (χ0n) is 13.6. The number of fused-ring (bicyclic) bond motifs is 5. The third kappa shape index (κ3) is 1.83. The Bertz CT molecular complexity index is 779. The number of carbonyl (C=O) groups is 3. The number of anilines is 1. The van der Waals surface area contributed by atoms with Crippen LogP contribution in [0.4, 0.5) is 5.69 Å². The number of hydrogen-bond donors (Lipinski definition) is 0. The van der Waals surface area contributed by atoms with E-state index in [4.69, 9.17) is 9.47 Å². The van der Waals surface area contributed by atoms with Crippen LogP contribution in [0, 0.1) is 11.8 Å². The van der Waals surface area contributed by atoms with Crippen LogP contribution in [0.15, 0.2) is 36.4 Å². The number of benzene rings is 1. The summed E-state index contributed by atoms with van der Waals surface area (Å²) in [6.45, 7) is 4.97. The zero-order valence-corrected chi connectivity index (χ0v) is 13.6. The molecule has 2 amide bonds. The molecule has 3 heterocycles. The van der Waals surface area contributed by atoms with Gasteiger partial charge in [-0.05, 0) is 26.0 Å². The van der Waals surface area contributed by atoms with Crippen LogP contribution in [-0.4, -0.2) is 29.0 Å². The smallest absolute Gasteiger partial charge is 0.308 e. The fraction of sp³-hybridized carbons (Fsp3) is 0.389. The molecule has 0 saturated carbocycles. The highest BCUT2D eigenvalue weighted by Gasteiger charge is 2.70. The van der Waals surface area contributed by atoms with Gasteiger partial charge in [-0.25, -0.2) is 4.90 Å². The normalized spacial score (nSPS) is 36.4. The minimum Gasteiger partial charge on any atom is -0.427 e. The topological polar surface area (TPSA) is 72.9 Å². The van der Waals surface area contributed by atoms with Crippen molar-refractivity contribution in [2.45, 2.75) is 32.0 Å². The molecule has 2 bridgehead atoms. The largest absolute Gasteiger partial charge is 0.427 e. The molecule has 0 spiro atoms. The van der Waals surface area contributed by atoms with E-state index in [9.17, 15) is 14.4 Å². The van der Waals surface area contributed by atoms with Crippen LogP contribution >= 0.6 is 0 Å². The summed E-state index contributed by atoms with van der Waals surface area (Å²) in [6, 6.07) is 6.44. The summed E-state index contributed by atoms with van der Waals surface area (Å²) in [5, 5.41) is 0. The molecular weight excluding hydrogens is 310 g/mol. The minimum atomic E-state index is -0.756. The fourth-order valence-corrected chi connectivity index (χ4v) is 4.14. The van der Waals surface area contributed by atoms with Crippen LogP contribution < -0.4 is 9.64 Å². The maximum absolute atomic E-state index is 13.0. The standard InChI is InChI=1S/C18H17NO5/c1-10(20)23-12-6-4-5-11(9-12)19-15(21)13-14(16(19)22)18(3)8-7-17(13,2)24-18/h4-9,13-14H,1-3H3/t13-,14+,17-,18+. The second kappa shape index (κ2) is 4.54. The van der Waals surface area contributed by atoms with Crippen molar-refractivity contribution < 1.29 is 23.9 Å². The van der Waals surface area contributed by atoms with E-state index >= 15 is 0 Å². The number of hydrogen-bond acceptors (Lipinski definition) is 5. The first-order valence-electron chi connectivity index (χ1n) is 7.82. The van der Waals surface area contributed by atoms with Gasteiger partial charge in [-0.1, -0.05) is 18.2 Å². The summed E-state index contributed by atoms with van der Waals surface area (Å²) < 4.78 is 11.0. The van der Waals surface area contributed by atoms with Gasteiger partial charge in [-0.3, -0.25) is 14.4 Å². The number of esters is 1. The van der Waals surface area contributed by atoms with Crippen LogP contribution in [-0.2, 0) is 19.1 Å². The Morgan fingerprint density at radius 2 is 1.71 bits per heavy atom. The summed E-state index contributed by atoms with van der Waals surface area (Å²) in [5.74, 6) is -1.78. The monoisotopic (exact) mass is 327 g/mol. The molecule has 6 heteroatoms. The molecule has 3 aliphatic rings. The van der Waals surface area contributed by atoms with Gasteiger partial charge in [0.25, 0.3) is 0 Å². The maximum atomic E-state index is 13.0. The average Bonchev–Trinajstić information content (AvgIpc) is 3.03. The quantitative estimate of drug-likeness (QED) is 0.359. The number of ether oxygens (including phenoxy) is 2. The third-order valence-corrected chi connectivity index (χ3v) is 5.06. The van der Waals surface area contributed by atoms with E-state index < -0.39 is 29.0 Å². The molecule has 2 fully saturated rings. The Kier molecular flexibility index (Phi) is 2.85. The van der Waals surface area contributed by atoms with E-state index in [0.29, 0.717) is 11.4 Å². The highest BCUT2D eigenvalue weighted by molar-refractivity contribution is 6.23. The van der Waals surface area contributed by atoms with Crippen LogP contribution in [0.1, 0.15) is 20.8 Å². The highest BCUT2D eigenvalue weighted by atomic mass is 16.5. The first kappa shape index (κ1) is 15.1. The molecule has 3 aliphatic heterocycles. The van der Waals surface area contributed by atoms with E-state index in [2.05, 4.69) is 0 Å². The highest BCUT2D eigenvalue weighted by Crippen LogP contribution is 2.57. The molecule has 0 radical (unpaired) electrons. The lowest BCUT2D eigenvalue weighted by Gasteiger charge is -2.25. The van der Waals surface area contributed by atoms with Crippen molar-refractivity contribution in [2.24, 2.45) is 11.8 Å². The van der Waals surface area contributed by atoms with Gasteiger partial charge in [0.05, 0.1) is 28.7 Å². The summed E-state index contributed by atoms with van der Waals surface area (Å²) in [4.78, 5) is 38.2. The lowest BCUT2D eigenvalue weighted by molar-refractivity contribution is -0.132. The van der Waals surface area contributed by atoms with Crippen molar-refractivity contribution in [1.82, 2.24) is 0 Å². The molecule has 6 nitrogen and oxygen atoms in total. The van der Waals surface area contributed by atoms with Gasteiger partial charge >= 0.3 is 5.97 Å². The molecule has 0 aliphatic carbocycles. The first-order chi connectivity index (χ1) is 11.3. The van der Waals surface area contributed by atoms with Crippen LogP contribution in [0.2, 0.25) is 0 Å². The number of imide groups is 1. The Hall–Kier alpha value is -2.47. The Labute approximate surface area is 139 Å². The number of nitrogens with zero attached hydrogens (tertiary/aromatic N) is 1. The fourth-order valence-electron chi connectivity index (χ4n) is 4.14. The summed E-state index contributed by atoms with van der Waals surface area (Å²) in [6.07, 6.45) is 3.75. The molecule has 4 atom stereocenters. The van der Waals surface area contributed by atoms with Crippen molar-refractivity contribution in [3.8, 4) is 5.75 Å². The summed E-state index contributed by atoms with van der Waals surface area (Å²) >= 11 is 0. The van der Waals surface area contributed by atoms with Gasteiger partial charge in [-0.2, -0.15) is 0 Å². The second-order valence-electron chi connectivity index (χ2n) is 6.86. The molecule has 0 N–H and O–H groups in total. The van der Waals surface area contributed by atoms with Crippen molar-refractivity contribution >= 4 is 23.5 Å². The molecule has 0 unspecified atom stereocenters. The molecule has 1 aromatic carbocycles. The van der Waals surface area contributed by atoms with E-state index in [1.54, 1.807) is 18.2 Å². The Morgan fingerprint density at radius 3 is 2.25 bits per heavy atom. The van der Waals surface area contributed by atoms with Crippen LogP contribution in [0.25, 0.3) is 0 Å². The average molecular weight is 327 g/mol. The number of carbonyl (C=O) groups excluding carboxylic acids is 3. The van der Waals surface area contributed by atoms with E-state index in [0.717, 1.165) is 0 Å². The van der Waals surface area contributed by atoms with E-state index in [-0.39, 0.29) is 11.8 Å². The van der Waals surface area contributed by atoms with Gasteiger partial charge in [0, 0.05) is 13.0 Å². The van der Waals surface area contributed by atoms with Crippen molar-refractivity contribution in [3.63, 3.8) is 0 Å². The molecule has 2 saturated heterocycles. The molecule has 24 heavy (non-hydrogen) atoms. The van der Waals surface area contributed by atoms with Crippen molar-refractivity contribution in [1.29, 1.82) is 0 Å². The second-order valence-corrected chi connectivity index (χ2v) is 6.86. The van der Waals surface area contributed by atoms with Gasteiger partial charge < -0.3 is 9.47 Å². The minimum absolute atomic E-state index is 0.277. The molecule has 1 aromatic rings. The predicted molar refractivity (Wildman–Crippen MR) is 84.3 cm³/mol. The number of rotatable bonds is 2. The molecule has 4 rings (SSSR count). The van der Waals surface area contributed by atoms with E-state index in [1.165, 1.54) is 17.9 Å². The molecule has 0 aromatic heterocycles. The van der Waals surface area contributed by atoms with Gasteiger partial charge in [0.2, 0.25) is 11.8 Å². The Morgan fingerprint density at radius 1 is 1.12 bits per heavy atom. The van der Waals surface area contributed by atoms with Gasteiger partial charge in [-0.15, -0.1) is 0 Å². The van der Waals surface area contributed by atoms with Gasteiger partial charge in [0.1, 0.15) is 5.75 Å². The zero-order chi connectivity index (χ0) is 17.3. The lowest BCUT2D eigenvalue weighted by atomic mass is 9.73.